The smallest absolute Gasteiger partial charge is 0.407 e. The minimum Gasteiger partial charge on any atom is -0.481 e. The van der Waals surface area contributed by atoms with Crippen LogP contribution in [-0.4, -0.2) is 53.7 Å². The summed E-state index contributed by atoms with van der Waals surface area (Å²) in [4.78, 5) is 38.5. The van der Waals surface area contributed by atoms with Gasteiger partial charge in [-0.1, -0.05) is 48.5 Å². The number of likely N-dealkylation sites (tertiary alicyclic amines) is 1. The van der Waals surface area contributed by atoms with Crippen molar-refractivity contribution >= 4 is 18.0 Å². The summed E-state index contributed by atoms with van der Waals surface area (Å²) in [6.07, 6.45) is 2.04. The van der Waals surface area contributed by atoms with Crippen LogP contribution < -0.4 is 5.32 Å². The number of fused-ring (bicyclic) bond motifs is 4. The van der Waals surface area contributed by atoms with E-state index < -0.39 is 17.5 Å². The molecule has 1 heterocycles. The standard InChI is InChI=1S/C28H30N2O5/c1-28(26(32)33)14-30(15-28)25(31)17-10-16-12-24(22(16)11-17)29-27(34)35-13-23-20-8-4-2-6-18(20)19-7-3-5-9-21(19)23/h2-9,16-17,22-24H,10-15H2,1H3,(H,29,34)(H,32,33)/t16-,17?,22-,24+/m0/s1. The van der Waals surface area contributed by atoms with Crippen molar-refractivity contribution in [2.24, 2.45) is 23.2 Å². The topological polar surface area (TPSA) is 95.9 Å². The van der Waals surface area contributed by atoms with Gasteiger partial charge < -0.3 is 20.1 Å². The summed E-state index contributed by atoms with van der Waals surface area (Å²) in [6, 6.07) is 16.6. The second-order valence-corrected chi connectivity index (χ2v) is 11.0. The van der Waals surface area contributed by atoms with Gasteiger partial charge in [0.15, 0.2) is 0 Å². The summed E-state index contributed by atoms with van der Waals surface area (Å²) >= 11 is 0. The molecule has 7 nitrogen and oxygen atoms in total. The molecule has 2 amide bonds. The van der Waals surface area contributed by atoms with Crippen molar-refractivity contribution in [1.29, 1.82) is 0 Å². The van der Waals surface area contributed by atoms with Gasteiger partial charge in [-0.2, -0.15) is 0 Å². The Bertz CT molecular complexity index is 1160. The third kappa shape index (κ3) is 3.60. The first-order chi connectivity index (χ1) is 16.8. The zero-order chi connectivity index (χ0) is 24.3. The molecule has 0 spiro atoms. The van der Waals surface area contributed by atoms with Crippen LogP contribution in [0.4, 0.5) is 4.79 Å². The molecule has 0 aromatic heterocycles. The molecular formula is C28H30N2O5. The molecule has 35 heavy (non-hydrogen) atoms. The zero-order valence-corrected chi connectivity index (χ0v) is 19.8. The maximum atomic E-state index is 12.9. The van der Waals surface area contributed by atoms with E-state index in [1.807, 2.05) is 24.3 Å². The zero-order valence-electron chi connectivity index (χ0n) is 19.8. The van der Waals surface area contributed by atoms with E-state index >= 15 is 0 Å². The van der Waals surface area contributed by atoms with Crippen molar-refractivity contribution in [3.05, 3.63) is 59.7 Å². The second-order valence-electron chi connectivity index (χ2n) is 11.0. The number of nitrogens with one attached hydrogen (secondary N) is 1. The van der Waals surface area contributed by atoms with Crippen LogP contribution in [-0.2, 0) is 14.3 Å². The number of nitrogens with zero attached hydrogens (tertiary/aromatic N) is 1. The number of benzene rings is 2. The number of rotatable bonds is 5. The fourth-order valence-electron chi connectivity index (χ4n) is 6.73. The number of carboxylic acid groups (broad SMARTS) is 1. The van der Waals surface area contributed by atoms with Crippen LogP contribution in [0, 0.1) is 23.2 Å². The van der Waals surface area contributed by atoms with Gasteiger partial charge in [0, 0.05) is 31.0 Å². The molecule has 4 atom stereocenters. The molecular weight excluding hydrogens is 444 g/mol. The Morgan fingerprint density at radius 1 is 1.00 bits per heavy atom. The molecule has 182 valence electrons. The van der Waals surface area contributed by atoms with Crippen LogP contribution in [0.15, 0.2) is 48.5 Å². The number of alkyl carbamates (subject to hydrolysis) is 1. The number of carbonyl (C=O) groups excluding carboxylic acids is 2. The molecule has 1 unspecified atom stereocenters. The van der Waals surface area contributed by atoms with E-state index in [-0.39, 0.29) is 42.8 Å². The number of ether oxygens (including phenoxy) is 1. The van der Waals surface area contributed by atoms with Crippen molar-refractivity contribution < 1.29 is 24.2 Å². The molecule has 6 rings (SSSR count). The molecule has 1 saturated heterocycles. The van der Waals surface area contributed by atoms with Gasteiger partial charge in [-0.05, 0) is 60.3 Å². The number of hydrogen-bond donors (Lipinski definition) is 2. The maximum Gasteiger partial charge on any atom is 0.407 e. The molecule has 2 aromatic carbocycles. The largest absolute Gasteiger partial charge is 0.481 e. The summed E-state index contributed by atoms with van der Waals surface area (Å²) in [5.74, 6) is -0.0913. The van der Waals surface area contributed by atoms with Gasteiger partial charge in [0.05, 0.1) is 5.41 Å². The average molecular weight is 475 g/mol. The monoisotopic (exact) mass is 474 g/mol. The second kappa shape index (κ2) is 8.11. The van der Waals surface area contributed by atoms with Crippen LogP contribution in [0.3, 0.4) is 0 Å². The summed E-state index contributed by atoms with van der Waals surface area (Å²) in [5, 5.41) is 12.3. The van der Waals surface area contributed by atoms with E-state index in [0.29, 0.717) is 12.5 Å². The van der Waals surface area contributed by atoms with E-state index in [9.17, 15) is 19.5 Å². The average Bonchev–Trinajstić information content (AvgIpc) is 3.33. The lowest BCUT2D eigenvalue weighted by molar-refractivity contribution is -0.165. The van der Waals surface area contributed by atoms with Crippen molar-refractivity contribution in [1.82, 2.24) is 10.2 Å². The Labute approximate surface area is 204 Å². The normalized spacial score (nSPS) is 27.6. The van der Waals surface area contributed by atoms with Crippen molar-refractivity contribution in [2.75, 3.05) is 19.7 Å². The van der Waals surface area contributed by atoms with Crippen molar-refractivity contribution in [3.63, 3.8) is 0 Å². The molecule has 0 bridgehead atoms. The van der Waals surface area contributed by atoms with Crippen LogP contribution in [0.5, 0.6) is 0 Å². The first-order valence-electron chi connectivity index (χ1n) is 12.5. The lowest BCUT2D eigenvalue weighted by atomic mass is 9.71. The van der Waals surface area contributed by atoms with E-state index in [1.165, 1.54) is 22.3 Å². The molecule has 3 fully saturated rings. The van der Waals surface area contributed by atoms with Gasteiger partial charge >= 0.3 is 12.1 Å². The highest BCUT2D eigenvalue weighted by molar-refractivity contribution is 5.85. The number of amides is 2. The third-order valence-electron chi connectivity index (χ3n) is 8.73. The summed E-state index contributed by atoms with van der Waals surface area (Å²) in [7, 11) is 0. The van der Waals surface area contributed by atoms with Crippen LogP contribution >= 0.6 is 0 Å². The molecule has 4 aliphatic rings. The van der Waals surface area contributed by atoms with E-state index in [0.717, 1.165) is 19.3 Å². The van der Waals surface area contributed by atoms with Gasteiger partial charge in [0.2, 0.25) is 5.91 Å². The molecule has 2 aromatic rings. The van der Waals surface area contributed by atoms with E-state index in [2.05, 4.69) is 29.6 Å². The molecule has 7 heteroatoms. The van der Waals surface area contributed by atoms with Gasteiger partial charge in [-0.25, -0.2) is 4.79 Å². The summed E-state index contributed by atoms with van der Waals surface area (Å²) in [5.41, 5.74) is 3.96. The summed E-state index contributed by atoms with van der Waals surface area (Å²) < 4.78 is 5.70. The highest BCUT2D eigenvalue weighted by atomic mass is 16.5. The number of carbonyl (C=O) groups is 3. The van der Waals surface area contributed by atoms with Crippen molar-refractivity contribution in [3.8, 4) is 11.1 Å². The number of hydrogen-bond acceptors (Lipinski definition) is 4. The fourth-order valence-corrected chi connectivity index (χ4v) is 6.73. The number of aliphatic carboxylic acids is 1. The first-order valence-corrected chi connectivity index (χ1v) is 12.5. The Balaban J connectivity index is 1.02. The minimum atomic E-state index is -0.847. The molecule has 2 saturated carbocycles. The molecule has 3 aliphatic carbocycles. The van der Waals surface area contributed by atoms with E-state index in [1.54, 1.807) is 11.8 Å². The Hall–Kier alpha value is -3.35. The Kier molecular flexibility index (Phi) is 5.13. The van der Waals surface area contributed by atoms with Crippen molar-refractivity contribution in [2.45, 2.75) is 38.1 Å². The summed E-state index contributed by atoms with van der Waals surface area (Å²) in [6.45, 7) is 2.55. The third-order valence-corrected chi connectivity index (χ3v) is 8.73. The quantitative estimate of drug-likeness (QED) is 0.686. The van der Waals surface area contributed by atoms with Gasteiger partial charge in [-0.3, -0.25) is 9.59 Å². The van der Waals surface area contributed by atoms with E-state index in [4.69, 9.17) is 4.74 Å². The SMILES string of the molecule is CC1(C(=O)O)CN(C(=O)C2C[C@H]3C[C@@H](NC(=O)OCC4c5ccccc5-c5ccccc54)[C@H]3C2)C1. The lowest BCUT2D eigenvalue weighted by Gasteiger charge is -2.45. The van der Waals surface area contributed by atoms with Gasteiger partial charge in [-0.15, -0.1) is 0 Å². The highest BCUT2D eigenvalue weighted by Crippen LogP contribution is 2.51. The minimum absolute atomic E-state index is 0.0313. The van der Waals surface area contributed by atoms with Gasteiger partial charge in [0.25, 0.3) is 0 Å². The first kappa shape index (κ1) is 22.1. The predicted octanol–water partition coefficient (Wildman–Crippen LogP) is 3.87. The Morgan fingerprint density at radius 2 is 1.63 bits per heavy atom. The fraction of sp³-hybridized carbons (Fsp3) is 0.464. The Morgan fingerprint density at radius 3 is 2.26 bits per heavy atom. The lowest BCUT2D eigenvalue weighted by Crippen LogP contribution is -2.61. The van der Waals surface area contributed by atoms with Gasteiger partial charge in [0.1, 0.15) is 6.61 Å². The molecule has 0 radical (unpaired) electrons. The molecule has 1 aliphatic heterocycles. The predicted molar refractivity (Wildman–Crippen MR) is 129 cm³/mol. The highest BCUT2D eigenvalue weighted by Gasteiger charge is 2.54. The maximum absolute atomic E-state index is 12.9. The van der Waals surface area contributed by atoms with Crippen LogP contribution in [0.1, 0.15) is 43.2 Å². The van der Waals surface area contributed by atoms with Crippen LogP contribution in [0.2, 0.25) is 0 Å². The molecule has 2 N–H and O–H groups in total. The number of carboxylic acids is 1. The van der Waals surface area contributed by atoms with Crippen LogP contribution in [0.25, 0.3) is 11.1 Å².